The number of aromatic amines is 1. The van der Waals surface area contributed by atoms with E-state index in [1.165, 1.54) is 14.0 Å². The fourth-order valence-corrected chi connectivity index (χ4v) is 3.42. The molecule has 1 aromatic carbocycles. The number of carbonyl (C=O) groups is 3. The van der Waals surface area contributed by atoms with Crippen LogP contribution in [0, 0.1) is 13.8 Å². The standard InChI is InChI=1S/C22H25N3O5/c1-12-10-11-25(24-12)17-8-6-16(7-9-17)21(27)30-15(4)20(26)19-13(2)18(14(3)23-19)22(28)29-5/h6-9,15,23H,10-11H2,1-5H3. The molecule has 0 saturated carbocycles. The van der Waals surface area contributed by atoms with Crippen LogP contribution in [0.4, 0.5) is 5.69 Å². The zero-order valence-corrected chi connectivity index (χ0v) is 17.7. The molecule has 30 heavy (non-hydrogen) atoms. The Balaban J connectivity index is 1.70. The van der Waals surface area contributed by atoms with Crippen molar-refractivity contribution in [2.75, 3.05) is 18.7 Å². The van der Waals surface area contributed by atoms with Gasteiger partial charge < -0.3 is 14.5 Å². The maximum absolute atomic E-state index is 12.8. The van der Waals surface area contributed by atoms with Crippen molar-refractivity contribution in [3.05, 3.63) is 52.3 Å². The first-order chi connectivity index (χ1) is 14.2. The minimum absolute atomic E-state index is 0.228. The number of hydrogen-bond donors (Lipinski definition) is 1. The number of nitrogens with one attached hydrogen (secondary N) is 1. The lowest BCUT2D eigenvalue weighted by Gasteiger charge is -2.15. The van der Waals surface area contributed by atoms with E-state index in [1.807, 2.05) is 11.9 Å². The third-order valence-electron chi connectivity index (χ3n) is 5.10. The Kier molecular flexibility index (Phi) is 6.05. The summed E-state index contributed by atoms with van der Waals surface area (Å²) < 4.78 is 10.1. The normalized spacial score (nSPS) is 14.3. The minimum atomic E-state index is -1.02. The van der Waals surface area contributed by atoms with Crippen molar-refractivity contribution in [2.24, 2.45) is 5.10 Å². The van der Waals surface area contributed by atoms with Gasteiger partial charge in [0.15, 0.2) is 6.10 Å². The number of hydrogen-bond acceptors (Lipinski definition) is 7. The molecule has 158 valence electrons. The number of esters is 2. The lowest BCUT2D eigenvalue weighted by Crippen LogP contribution is -2.25. The summed E-state index contributed by atoms with van der Waals surface area (Å²) in [6.07, 6.45) is -0.107. The third-order valence-corrected chi connectivity index (χ3v) is 5.10. The van der Waals surface area contributed by atoms with Crippen molar-refractivity contribution >= 4 is 29.1 Å². The van der Waals surface area contributed by atoms with Crippen molar-refractivity contribution in [1.82, 2.24) is 4.98 Å². The maximum Gasteiger partial charge on any atom is 0.339 e. The van der Waals surface area contributed by atoms with Crippen LogP contribution in [0.1, 0.15) is 62.7 Å². The number of ketones is 1. The van der Waals surface area contributed by atoms with Crippen LogP contribution in [0.3, 0.4) is 0 Å². The molecule has 0 aliphatic carbocycles. The summed E-state index contributed by atoms with van der Waals surface area (Å²) >= 11 is 0. The Morgan fingerprint density at radius 2 is 1.77 bits per heavy atom. The molecule has 3 rings (SSSR count). The second-order valence-electron chi connectivity index (χ2n) is 7.28. The van der Waals surface area contributed by atoms with Crippen LogP contribution in [0.25, 0.3) is 0 Å². The molecule has 2 aromatic rings. The highest BCUT2D eigenvalue weighted by atomic mass is 16.5. The number of benzene rings is 1. The van der Waals surface area contributed by atoms with E-state index in [-0.39, 0.29) is 5.69 Å². The van der Waals surface area contributed by atoms with Crippen LogP contribution in [-0.4, -0.2) is 48.2 Å². The van der Waals surface area contributed by atoms with E-state index in [0.29, 0.717) is 22.4 Å². The molecule has 8 nitrogen and oxygen atoms in total. The van der Waals surface area contributed by atoms with Crippen LogP contribution in [0.2, 0.25) is 0 Å². The Hall–Kier alpha value is -3.42. The summed E-state index contributed by atoms with van der Waals surface area (Å²) in [4.78, 5) is 40.1. The van der Waals surface area contributed by atoms with Crippen molar-refractivity contribution < 1.29 is 23.9 Å². The van der Waals surface area contributed by atoms with Gasteiger partial charge in [0.2, 0.25) is 5.78 Å². The zero-order chi connectivity index (χ0) is 22.0. The van der Waals surface area contributed by atoms with E-state index < -0.39 is 23.8 Å². The second-order valence-corrected chi connectivity index (χ2v) is 7.28. The Morgan fingerprint density at radius 3 is 2.33 bits per heavy atom. The Morgan fingerprint density at radius 1 is 1.10 bits per heavy atom. The maximum atomic E-state index is 12.8. The van der Waals surface area contributed by atoms with E-state index in [9.17, 15) is 14.4 Å². The highest BCUT2D eigenvalue weighted by molar-refractivity contribution is 6.04. The highest BCUT2D eigenvalue weighted by Gasteiger charge is 2.27. The minimum Gasteiger partial charge on any atom is -0.465 e. The summed E-state index contributed by atoms with van der Waals surface area (Å²) in [7, 11) is 1.28. The molecule has 8 heteroatoms. The van der Waals surface area contributed by atoms with Gasteiger partial charge in [-0.15, -0.1) is 0 Å². The SMILES string of the molecule is COC(=O)c1c(C)[nH]c(C(=O)C(C)OC(=O)c2ccc(N3CCC(C)=N3)cc2)c1C. The van der Waals surface area contributed by atoms with Gasteiger partial charge in [-0.1, -0.05) is 0 Å². The number of anilines is 1. The van der Waals surface area contributed by atoms with Crippen LogP contribution in [0.15, 0.2) is 29.4 Å². The van der Waals surface area contributed by atoms with E-state index in [1.54, 1.807) is 38.1 Å². The molecule has 1 aliphatic heterocycles. The molecule has 1 aliphatic rings. The number of carbonyl (C=O) groups excluding carboxylic acids is 3. The first-order valence-electron chi connectivity index (χ1n) is 9.67. The quantitative estimate of drug-likeness (QED) is 0.577. The molecule has 0 amide bonds. The molecule has 2 heterocycles. The molecule has 0 spiro atoms. The van der Waals surface area contributed by atoms with Gasteiger partial charge in [-0.25, -0.2) is 9.59 Å². The first-order valence-corrected chi connectivity index (χ1v) is 9.67. The van der Waals surface area contributed by atoms with Crippen molar-refractivity contribution in [3.63, 3.8) is 0 Å². The molecule has 1 aromatic heterocycles. The lowest BCUT2D eigenvalue weighted by atomic mass is 10.1. The van der Waals surface area contributed by atoms with Gasteiger partial charge in [-0.05, 0) is 57.5 Å². The third kappa shape index (κ3) is 4.12. The van der Waals surface area contributed by atoms with Crippen molar-refractivity contribution in [2.45, 2.75) is 40.2 Å². The number of ether oxygens (including phenoxy) is 2. The van der Waals surface area contributed by atoms with Gasteiger partial charge in [0.25, 0.3) is 0 Å². The van der Waals surface area contributed by atoms with Gasteiger partial charge in [0, 0.05) is 24.4 Å². The number of nitrogens with zero attached hydrogens (tertiary/aromatic N) is 2. The molecule has 1 atom stereocenters. The summed E-state index contributed by atoms with van der Waals surface area (Å²) in [6.45, 7) is 7.62. The van der Waals surface area contributed by atoms with E-state index in [4.69, 9.17) is 9.47 Å². The smallest absolute Gasteiger partial charge is 0.339 e. The van der Waals surface area contributed by atoms with E-state index >= 15 is 0 Å². The van der Waals surface area contributed by atoms with E-state index in [0.717, 1.165) is 24.4 Å². The van der Waals surface area contributed by atoms with Gasteiger partial charge in [0.1, 0.15) is 0 Å². The molecule has 0 radical (unpaired) electrons. The molecule has 1 N–H and O–H groups in total. The van der Waals surface area contributed by atoms with Crippen LogP contribution in [-0.2, 0) is 9.47 Å². The van der Waals surface area contributed by atoms with Crippen LogP contribution < -0.4 is 5.01 Å². The predicted molar refractivity (Wildman–Crippen MR) is 112 cm³/mol. The number of methoxy groups -OCH3 is 1. The molecular weight excluding hydrogens is 386 g/mol. The summed E-state index contributed by atoms with van der Waals surface area (Å²) in [5.74, 6) is -1.54. The first kappa shape index (κ1) is 21.3. The average Bonchev–Trinajstić information content (AvgIpc) is 3.29. The topological polar surface area (TPSA) is 101 Å². The largest absolute Gasteiger partial charge is 0.465 e. The van der Waals surface area contributed by atoms with Gasteiger partial charge in [-0.2, -0.15) is 5.10 Å². The van der Waals surface area contributed by atoms with E-state index in [2.05, 4.69) is 10.1 Å². The molecule has 0 bridgehead atoms. The van der Waals surface area contributed by atoms with Crippen molar-refractivity contribution in [1.29, 1.82) is 0 Å². The fraction of sp³-hybridized carbons (Fsp3) is 0.364. The number of H-pyrrole nitrogens is 1. The molecule has 1 unspecified atom stereocenters. The monoisotopic (exact) mass is 411 g/mol. The number of hydrazone groups is 1. The van der Waals surface area contributed by atoms with Crippen molar-refractivity contribution in [3.8, 4) is 0 Å². The number of aromatic nitrogens is 1. The van der Waals surface area contributed by atoms with Crippen LogP contribution >= 0.6 is 0 Å². The molecule has 0 fully saturated rings. The summed E-state index contributed by atoms with van der Waals surface area (Å²) in [5.41, 5.74) is 3.83. The number of Topliss-reactive ketones (excluding diaryl/α,β-unsaturated/α-hetero) is 1. The Labute approximate surface area is 174 Å². The lowest BCUT2D eigenvalue weighted by molar-refractivity contribution is 0.0316. The summed E-state index contributed by atoms with van der Waals surface area (Å²) in [5, 5.41) is 6.31. The molecule has 0 saturated heterocycles. The average molecular weight is 411 g/mol. The van der Waals surface area contributed by atoms with Gasteiger partial charge in [0.05, 0.1) is 29.6 Å². The summed E-state index contributed by atoms with van der Waals surface area (Å²) in [6, 6.07) is 6.90. The number of aryl methyl sites for hydroxylation is 1. The fourth-order valence-electron chi connectivity index (χ4n) is 3.42. The van der Waals surface area contributed by atoms with Gasteiger partial charge >= 0.3 is 11.9 Å². The number of rotatable bonds is 6. The Bertz CT molecular complexity index is 1020. The van der Waals surface area contributed by atoms with Crippen LogP contribution in [0.5, 0.6) is 0 Å². The van der Waals surface area contributed by atoms with Gasteiger partial charge in [-0.3, -0.25) is 9.80 Å². The second kappa shape index (κ2) is 8.52. The highest BCUT2D eigenvalue weighted by Crippen LogP contribution is 2.22. The zero-order valence-electron chi connectivity index (χ0n) is 17.7. The predicted octanol–water partition coefficient (Wildman–Crippen LogP) is 3.43. The molecular formula is C22H25N3O5.